The zero-order chi connectivity index (χ0) is 15.7. The largest absolute Gasteiger partial charge is 0.496 e. The van der Waals surface area contributed by atoms with Crippen LogP contribution in [0.1, 0.15) is 21.5 Å². The van der Waals surface area contributed by atoms with Crippen molar-refractivity contribution in [1.29, 1.82) is 0 Å². The first-order valence-electron chi connectivity index (χ1n) is 7.02. The third-order valence-electron chi connectivity index (χ3n) is 3.74. The summed E-state index contributed by atoms with van der Waals surface area (Å²) in [7, 11) is 1.47. The molecule has 1 aromatic heterocycles. The molecule has 3 aromatic rings. The van der Waals surface area contributed by atoms with E-state index in [0.717, 1.165) is 16.5 Å². The average Bonchev–Trinajstić information content (AvgIpc) is 2.92. The van der Waals surface area contributed by atoms with Gasteiger partial charge in [0.05, 0.1) is 7.11 Å². The van der Waals surface area contributed by atoms with Crippen LogP contribution >= 0.6 is 0 Å². The molecule has 0 fully saturated rings. The fourth-order valence-corrected chi connectivity index (χ4v) is 2.60. The zero-order valence-electron chi connectivity index (χ0n) is 12.4. The molecule has 0 aliphatic rings. The molecule has 0 aliphatic carbocycles. The fourth-order valence-electron chi connectivity index (χ4n) is 2.60. The second-order valence-electron chi connectivity index (χ2n) is 5.31. The number of rotatable bonds is 4. The van der Waals surface area contributed by atoms with Crippen molar-refractivity contribution < 1.29 is 13.9 Å². The van der Waals surface area contributed by atoms with Gasteiger partial charge in [0.15, 0.2) is 5.78 Å². The number of Topliss-reactive ketones (excluding diaryl/α,β-unsaturated/α-hetero) is 1. The van der Waals surface area contributed by atoms with Crippen LogP contribution in [0, 0.1) is 12.7 Å². The lowest BCUT2D eigenvalue weighted by atomic mass is 10.0. The third-order valence-corrected chi connectivity index (χ3v) is 3.74. The van der Waals surface area contributed by atoms with Gasteiger partial charge in [0.1, 0.15) is 11.6 Å². The summed E-state index contributed by atoms with van der Waals surface area (Å²) in [6.07, 6.45) is 1.90. The predicted octanol–water partition coefficient (Wildman–Crippen LogP) is 4.05. The summed E-state index contributed by atoms with van der Waals surface area (Å²) < 4.78 is 18.4. The Hall–Kier alpha value is -2.62. The Morgan fingerprint density at radius 1 is 1.23 bits per heavy atom. The lowest BCUT2D eigenvalue weighted by Crippen LogP contribution is -2.04. The van der Waals surface area contributed by atoms with Crippen molar-refractivity contribution in [3.63, 3.8) is 0 Å². The minimum absolute atomic E-state index is 0.0261. The number of benzene rings is 2. The third kappa shape index (κ3) is 2.60. The van der Waals surface area contributed by atoms with Crippen molar-refractivity contribution in [2.45, 2.75) is 13.3 Å². The molecule has 0 saturated heterocycles. The number of nitrogens with one attached hydrogen (secondary N) is 1. The lowest BCUT2D eigenvalue weighted by molar-refractivity contribution is 0.0993. The van der Waals surface area contributed by atoms with E-state index in [9.17, 15) is 9.18 Å². The minimum Gasteiger partial charge on any atom is -0.496 e. The first-order chi connectivity index (χ1) is 10.6. The van der Waals surface area contributed by atoms with Gasteiger partial charge in [-0.15, -0.1) is 0 Å². The van der Waals surface area contributed by atoms with E-state index in [1.54, 1.807) is 12.3 Å². The Bertz CT molecular complexity index is 851. The van der Waals surface area contributed by atoms with Crippen molar-refractivity contribution in [3.8, 4) is 5.75 Å². The number of carbonyl (C=O) groups excluding carboxylic acids is 1. The number of ether oxygens (including phenoxy) is 1. The molecule has 1 heterocycles. The number of carbonyl (C=O) groups is 1. The van der Waals surface area contributed by atoms with Crippen molar-refractivity contribution in [2.24, 2.45) is 0 Å². The lowest BCUT2D eigenvalue weighted by Gasteiger charge is -2.07. The first kappa shape index (κ1) is 14.3. The van der Waals surface area contributed by atoms with Gasteiger partial charge < -0.3 is 9.72 Å². The van der Waals surface area contributed by atoms with E-state index >= 15 is 0 Å². The van der Waals surface area contributed by atoms with E-state index in [1.165, 1.54) is 19.2 Å². The molecular formula is C18H16FNO2. The molecule has 3 nitrogen and oxygen atoms in total. The number of aryl methyl sites for hydroxylation is 1. The molecule has 0 bridgehead atoms. The molecule has 112 valence electrons. The van der Waals surface area contributed by atoms with Gasteiger partial charge >= 0.3 is 0 Å². The molecular weight excluding hydrogens is 281 g/mol. The number of hydrogen-bond acceptors (Lipinski definition) is 2. The molecule has 0 unspecified atom stereocenters. The van der Waals surface area contributed by atoms with Crippen LogP contribution in [0.2, 0.25) is 0 Å². The Kier molecular flexibility index (Phi) is 3.67. The zero-order valence-corrected chi connectivity index (χ0v) is 12.4. The van der Waals surface area contributed by atoms with Gasteiger partial charge in [-0.3, -0.25) is 4.79 Å². The van der Waals surface area contributed by atoms with Crippen LogP contribution in [0.15, 0.2) is 42.6 Å². The SMILES string of the molecule is COc1cc(F)ccc1CC(=O)c1c[nH]c2ccc(C)cc12. The second kappa shape index (κ2) is 5.64. The van der Waals surface area contributed by atoms with Crippen LogP contribution in [0.3, 0.4) is 0 Å². The Balaban J connectivity index is 1.95. The van der Waals surface area contributed by atoms with Crippen LogP contribution in [-0.4, -0.2) is 17.9 Å². The Labute approximate surface area is 127 Å². The van der Waals surface area contributed by atoms with Crippen molar-refractivity contribution in [2.75, 3.05) is 7.11 Å². The van der Waals surface area contributed by atoms with Gasteiger partial charge in [0.2, 0.25) is 0 Å². The highest BCUT2D eigenvalue weighted by Crippen LogP contribution is 2.24. The number of halogens is 1. The first-order valence-corrected chi connectivity index (χ1v) is 7.02. The quantitative estimate of drug-likeness (QED) is 0.738. The number of fused-ring (bicyclic) bond motifs is 1. The number of ketones is 1. The topological polar surface area (TPSA) is 42.1 Å². The highest BCUT2D eigenvalue weighted by atomic mass is 19.1. The van der Waals surface area contributed by atoms with E-state index in [2.05, 4.69) is 4.98 Å². The van der Waals surface area contributed by atoms with Gasteiger partial charge in [0.25, 0.3) is 0 Å². The van der Waals surface area contributed by atoms with Crippen molar-refractivity contribution >= 4 is 16.7 Å². The fraction of sp³-hybridized carbons (Fsp3) is 0.167. The molecule has 3 rings (SSSR count). The summed E-state index contributed by atoms with van der Waals surface area (Å²) in [5.74, 6) is -0.0121. The van der Waals surface area contributed by atoms with E-state index in [0.29, 0.717) is 16.9 Å². The van der Waals surface area contributed by atoms with Crippen molar-refractivity contribution in [3.05, 3.63) is 65.1 Å². The maximum atomic E-state index is 13.2. The molecule has 0 atom stereocenters. The number of hydrogen-bond donors (Lipinski definition) is 1. The Morgan fingerprint density at radius 2 is 2.05 bits per heavy atom. The summed E-state index contributed by atoms with van der Waals surface area (Å²) in [6, 6.07) is 10.2. The summed E-state index contributed by atoms with van der Waals surface area (Å²) >= 11 is 0. The Morgan fingerprint density at radius 3 is 2.82 bits per heavy atom. The van der Waals surface area contributed by atoms with Crippen LogP contribution < -0.4 is 4.74 Å². The van der Waals surface area contributed by atoms with E-state index < -0.39 is 0 Å². The highest BCUT2D eigenvalue weighted by Gasteiger charge is 2.15. The number of methoxy groups -OCH3 is 1. The molecule has 22 heavy (non-hydrogen) atoms. The normalized spacial score (nSPS) is 10.9. The van der Waals surface area contributed by atoms with E-state index in [4.69, 9.17) is 4.74 Å². The summed E-state index contributed by atoms with van der Waals surface area (Å²) in [4.78, 5) is 15.7. The number of aromatic amines is 1. The molecule has 0 saturated carbocycles. The van der Waals surface area contributed by atoms with Gasteiger partial charge in [-0.2, -0.15) is 0 Å². The summed E-state index contributed by atoms with van der Waals surface area (Å²) in [5.41, 5.74) is 3.35. The van der Waals surface area contributed by atoms with Gasteiger partial charge in [0, 0.05) is 40.7 Å². The summed E-state index contributed by atoms with van der Waals surface area (Å²) in [5, 5.41) is 0.908. The molecule has 0 aliphatic heterocycles. The van der Waals surface area contributed by atoms with Gasteiger partial charge in [-0.1, -0.05) is 17.7 Å². The van der Waals surface area contributed by atoms with Crippen LogP contribution in [-0.2, 0) is 6.42 Å². The molecule has 0 amide bonds. The van der Waals surface area contributed by atoms with Crippen molar-refractivity contribution in [1.82, 2.24) is 4.98 Å². The smallest absolute Gasteiger partial charge is 0.169 e. The monoisotopic (exact) mass is 297 g/mol. The average molecular weight is 297 g/mol. The van der Waals surface area contributed by atoms with Gasteiger partial charge in [-0.25, -0.2) is 4.39 Å². The number of aromatic nitrogens is 1. The maximum Gasteiger partial charge on any atom is 0.169 e. The standard InChI is InChI=1S/C18H16FNO2/c1-11-3-6-16-14(7-11)15(10-20-16)17(21)8-12-4-5-13(19)9-18(12)22-2/h3-7,9-10,20H,8H2,1-2H3. The van der Waals surface area contributed by atoms with Crippen LogP contribution in [0.5, 0.6) is 5.75 Å². The molecule has 4 heteroatoms. The number of H-pyrrole nitrogens is 1. The summed E-state index contributed by atoms with van der Waals surface area (Å²) in [6.45, 7) is 1.99. The van der Waals surface area contributed by atoms with Crippen LogP contribution in [0.25, 0.3) is 10.9 Å². The van der Waals surface area contributed by atoms with E-state index in [-0.39, 0.29) is 18.0 Å². The highest BCUT2D eigenvalue weighted by molar-refractivity contribution is 6.08. The predicted molar refractivity (Wildman–Crippen MR) is 84.0 cm³/mol. The molecule has 0 spiro atoms. The van der Waals surface area contributed by atoms with Gasteiger partial charge in [-0.05, 0) is 25.1 Å². The minimum atomic E-state index is -0.379. The molecule has 1 N–H and O–H groups in total. The molecule has 2 aromatic carbocycles. The second-order valence-corrected chi connectivity index (χ2v) is 5.31. The molecule has 0 radical (unpaired) electrons. The van der Waals surface area contributed by atoms with E-state index in [1.807, 2.05) is 25.1 Å². The maximum absolute atomic E-state index is 13.2. The van der Waals surface area contributed by atoms with Crippen LogP contribution in [0.4, 0.5) is 4.39 Å².